The van der Waals surface area contributed by atoms with Crippen molar-refractivity contribution in [2.45, 2.75) is 397 Å². The van der Waals surface area contributed by atoms with E-state index in [1.54, 1.807) is 6.08 Å². The van der Waals surface area contributed by atoms with Gasteiger partial charge in [-0.25, -0.2) is 0 Å². The van der Waals surface area contributed by atoms with E-state index in [-0.39, 0.29) is 18.5 Å². The van der Waals surface area contributed by atoms with Crippen LogP contribution in [0.25, 0.3) is 0 Å². The van der Waals surface area contributed by atoms with E-state index in [1.165, 1.54) is 276 Å². The van der Waals surface area contributed by atoms with Crippen LogP contribution in [0.2, 0.25) is 0 Å². The molecule has 1 aliphatic heterocycles. The molecule has 1 fully saturated rings. The van der Waals surface area contributed by atoms with Gasteiger partial charge < -0.3 is 45.1 Å². The number of unbranched alkanes of at least 4 members (excludes halogenated alkanes) is 47. The van der Waals surface area contributed by atoms with Gasteiger partial charge in [0.05, 0.1) is 32.0 Å². The number of rotatable bonds is 63. The van der Waals surface area contributed by atoms with E-state index in [9.17, 15) is 35.1 Å². The van der Waals surface area contributed by atoms with E-state index in [0.29, 0.717) is 19.4 Å². The molecule has 0 aliphatic carbocycles. The Balaban J connectivity index is 1.90. The Morgan fingerprint density at radius 3 is 1.21 bits per heavy atom. The molecule has 11 nitrogen and oxygen atoms in total. The number of ether oxygens (including phenoxy) is 3. The van der Waals surface area contributed by atoms with Crippen LogP contribution in [-0.2, 0) is 23.8 Å². The van der Waals surface area contributed by atoms with Gasteiger partial charge in [0.15, 0.2) is 6.29 Å². The van der Waals surface area contributed by atoms with E-state index >= 15 is 0 Å². The second kappa shape index (κ2) is 60.8. The number of carbonyl (C=O) groups excluding carboxylic acids is 2. The average Bonchev–Trinajstić information content (AvgIpc) is 3.56. The molecule has 0 bridgehead atoms. The summed E-state index contributed by atoms with van der Waals surface area (Å²) in [5, 5.41) is 54.3. The predicted octanol–water partition coefficient (Wildman–Crippen LogP) is 18.0. The molecule has 0 saturated carbocycles. The Kier molecular flexibility index (Phi) is 58.0. The summed E-state index contributed by atoms with van der Waals surface area (Å²) in [6.07, 6.45) is 66.3. The molecule has 6 N–H and O–H groups in total. The molecule has 0 spiro atoms. The van der Waals surface area contributed by atoms with Gasteiger partial charge in [-0.2, -0.15) is 0 Å². The lowest BCUT2D eigenvalue weighted by molar-refractivity contribution is -0.302. The minimum atomic E-state index is -1.57. The number of hydrogen-bond acceptors (Lipinski definition) is 10. The molecule has 1 rings (SSSR count). The molecule has 82 heavy (non-hydrogen) atoms. The largest absolute Gasteiger partial charge is 0.466 e. The van der Waals surface area contributed by atoms with Gasteiger partial charge in [-0.3, -0.25) is 9.59 Å². The molecule has 7 unspecified atom stereocenters. The van der Waals surface area contributed by atoms with Crippen LogP contribution in [0.5, 0.6) is 0 Å². The van der Waals surface area contributed by atoms with Crippen molar-refractivity contribution < 1.29 is 49.3 Å². The lowest BCUT2D eigenvalue weighted by Crippen LogP contribution is -2.60. The molecule has 1 amide bonds. The van der Waals surface area contributed by atoms with Crippen LogP contribution in [0.1, 0.15) is 354 Å². The van der Waals surface area contributed by atoms with E-state index < -0.39 is 49.5 Å². The summed E-state index contributed by atoms with van der Waals surface area (Å²) in [5.41, 5.74) is 0. The highest BCUT2D eigenvalue weighted by Crippen LogP contribution is 2.23. The van der Waals surface area contributed by atoms with Gasteiger partial charge in [-0.15, -0.1) is 0 Å². The zero-order chi connectivity index (χ0) is 59.5. The van der Waals surface area contributed by atoms with Crippen molar-refractivity contribution >= 4 is 11.9 Å². The number of aliphatic hydroxyl groups excluding tert-OH is 5. The Morgan fingerprint density at radius 2 is 0.793 bits per heavy atom. The fourth-order valence-electron chi connectivity index (χ4n) is 11.5. The summed E-state index contributed by atoms with van der Waals surface area (Å²) in [5.74, 6) is -0.173. The number of carbonyl (C=O) groups is 2. The number of amides is 1. The molecule has 0 aromatic carbocycles. The summed E-state index contributed by atoms with van der Waals surface area (Å²) < 4.78 is 16.7. The van der Waals surface area contributed by atoms with E-state index in [0.717, 1.165) is 51.4 Å². The minimum absolute atomic E-state index is 0.0143. The zero-order valence-corrected chi connectivity index (χ0v) is 53.7. The monoisotopic (exact) mass is 1160 g/mol. The van der Waals surface area contributed by atoms with E-state index in [4.69, 9.17) is 14.2 Å². The first-order valence-electron chi connectivity index (χ1n) is 35.6. The molecule has 1 heterocycles. The van der Waals surface area contributed by atoms with Crippen LogP contribution >= 0.6 is 0 Å². The second-order valence-electron chi connectivity index (χ2n) is 24.9. The maximum Gasteiger partial charge on any atom is 0.305 e. The van der Waals surface area contributed by atoms with Crippen LogP contribution in [0, 0.1) is 0 Å². The molecule has 0 aromatic heterocycles. The van der Waals surface area contributed by atoms with Crippen LogP contribution in [0.15, 0.2) is 24.3 Å². The molecule has 7 atom stereocenters. The Labute approximate surface area is 505 Å². The predicted molar refractivity (Wildman–Crippen MR) is 343 cm³/mol. The average molecular weight is 1160 g/mol. The Morgan fingerprint density at radius 1 is 0.439 bits per heavy atom. The standard InChI is InChI=1S/C71H135NO10/c1-3-5-7-9-11-13-38-43-47-51-55-59-67(76)80-60-56-52-48-44-40-37-35-33-31-29-27-25-23-21-19-17-15-16-18-20-22-24-26-28-30-32-34-36-39-42-46-50-54-58-66(75)72-63(62-81-71-70(79)69(78)68(77)65(61-73)82-71)64(74)57-53-49-45-41-14-12-10-8-6-4-2/h14,41,53,57,63-65,68-71,73-74,77-79H,3-13,15-40,42-52,54-56,58-62H2,1-2H3,(H,72,75)/b41-14+,57-53+. The third-order valence-electron chi connectivity index (χ3n) is 17.1. The van der Waals surface area contributed by atoms with Crippen molar-refractivity contribution in [1.29, 1.82) is 0 Å². The third kappa shape index (κ3) is 49.3. The fourth-order valence-corrected chi connectivity index (χ4v) is 11.5. The smallest absolute Gasteiger partial charge is 0.305 e. The van der Waals surface area contributed by atoms with Crippen molar-refractivity contribution in [2.24, 2.45) is 0 Å². The van der Waals surface area contributed by atoms with Crippen molar-refractivity contribution in [2.75, 3.05) is 19.8 Å². The van der Waals surface area contributed by atoms with Gasteiger partial charge in [0.2, 0.25) is 5.91 Å². The van der Waals surface area contributed by atoms with Gasteiger partial charge in [0.25, 0.3) is 0 Å². The summed E-state index contributed by atoms with van der Waals surface area (Å²) in [6, 6.07) is -0.822. The van der Waals surface area contributed by atoms with Crippen molar-refractivity contribution in [3.05, 3.63) is 24.3 Å². The molecule has 0 aromatic rings. The Bertz CT molecular complexity index is 1410. The number of nitrogens with one attached hydrogen (secondary N) is 1. The first-order chi connectivity index (χ1) is 40.2. The lowest BCUT2D eigenvalue weighted by atomic mass is 9.99. The molecular weight excluding hydrogens is 1030 g/mol. The van der Waals surface area contributed by atoms with Crippen molar-refractivity contribution in [3.63, 3.8) is 0 Å². The molecule has 484 valence electrons. The maximum absolute atomic E-state index is 13.0. The number of hydrogen-bond donors (Lipinski definition) is 6. The van der Waals surface area contributed by atoms with Crippen molar-refractivity contribution in [1.82, 2.24) is 5.32 Å². The molecule has 0 radical (unpaired) electrons. The van der Waals surface area contributed by atoms with Gasteiger partial charge in [-0.1, -0.05) is 321 Å². The summed E-state index contributed by atoms with van der Waals surface area (Å²) in [7, 11) is 0. The maximum atomic E-state index is 13.0. The fraction of sp³-hybridized carbons (Fsp3) is 0.915. The molecule has 1 aliphatic rings. The normalized spacial score (nSPS) is 18.3. The molecular formula is C71H135NO10. The highest BCUT2D eigenvalue weighted by molar-refractivity contribution is 5.76. The first-order valence-corrected chi connectivity index (χ1v) is 35.6. The van der Waals surface area contributed by atoms with Gasteiger partial charge in [0, 0.05) is 12.8 Å². The van der Waals surface area contributed by atoms with Crippen LogP contribution in [0.3, 0.4) is 0 Å². The molecule has 11 heteroatoms. The minimum Gasteiger partial charge on any atom is -0.466 e. The van der Waals surface area contributed by atoms with Gasteiger partial charge in [0.1, 0.15) is 24.4 Å². The van der Waals surface area contributed by atoms with Crippen LogP contribution < -0.4 is 5.32 Å². The Hall–Kier alpha value is -1.86. The van der Waals surface area contributed by atoms with Crippen LogP contribution in [0.4, 0.5) is 0 Å². The third-order valence-corrected chi connectivity index (χ3v) is 17.1. The summed E-state index contributed by atoms with van der Waals surface area (Å²) in [6.45, 7) is 4.33. The lowest BCUT2D eigenvalue weighted by Gasteiger charge is -2.40. The highest BCUT2D eigenvalue weighted by Gasteiger charge is 2.44. The quantitative estimate of drug-likeness (QED) is 0.0195. The second-order valence-corrected chi connectivity index (χ2v) is 24.9. The number of allylic oxidation sites excluding steroid dienone is 3. The highest BCUT2D eigenvalue weighted by atomic mass is 16.7. The number of aliphatic hydroxyl groups is 5. The van der Waals surface area contributed by atoms with Gasteiger partial charge >= 0.3 is 5.97 Å². The summed E-state index contributed by atoms with van der Waals surface area (Å²) in [4.78, 5) is 25.0. The topological polar surface area (TPSA) is 175 Å². The SMILES string of the molecule is CCCCCC/C=C/CC/C=C/C(O)C(COC1OC(CO)C(O)C(O)C1O)NC(=O)CCCCCCCCCCCCCCCCCCCCCCCCCCCCCCCCCCCOC(=O)CCCCCCCCCCCCC. The van der Waals surface area contributed by atoms with Gasteiger partial charge in [-0.05, 0) is 44.9 Å². The summed E-state index contributed by atoms with van der Waals surface area (Å²) >= 11 is 0. The zero-order valence-electron chi connectivity index (χ0n) is 53.7. The van der Waals surface area contributed by atoms with E-state index in [1.807, 2.05) is 6.08 Å². The first kappa shape index (κ1) is 78.2. The van der Waals surface area contributed by atoms with E-state index in [2.05, 4.69) is 31.3 Å². The molecule has 1 saturated heterocycles. The number of esters is 1. The van der Waals surface area contributed by atoms with Crippen molar-refractivity contribution in [3.8, 4) is 0 Å². The van der Waals surface area contributed by atoms with Crippen LogP contribution in [-0.4, -0.2) is 100 Å².